The molecule has 0 amide bonds. The van der Waals surface area contributed by atoms with Gasteiger partial charge in [-0.2, -0.15) is 0 Å². The molecule has 2 N–H and O–H groups in total. The maximum absolute atomic E-state index is 10.6. The first kappa shape index (κ1) is 17.0. The molecule has 0 bridgehead atoms. The Labute approximate surface area is 123 Å². The number of aliphatic carboxylic acids is 1. The Hall–Kier alpha value is -1.08. The summed E-state index contributed by atoms with van der Waals surface area (Å²) in [5.41, 5.74) is 0. The van der Waals surface area contributed by atoms with Crippen LogP contribution in [0.4, 0.5) is 0 Å². The number of aromatic nitrogens is 3. The minimum atomic E-state index is -0.884. The highest BCUT2D eigenvalue weighted by molar-refractivity contribution is 7.99. The molecule has 1 unspecified atom stereocenters. The molecular formula is C13H23N3O3S. The first-order valence-electron chi connectivity index (χ1n) is 6.99. The Balaban J connectivity index is 2.68. The van der Waals surface area contributed by atoms with E-state index in [1.165, 1.54) is 19.3 Å². The van der Waals surface area contributed by atoms with E-state index in [0.29, 0.717) is 11.0 Å². The van der Waals surface area contributed by atoms with E-state index in [9.17, 15) is 9.90 Å². The molecule has 0 saturated heterocycles. The fourth-order valence-electron chi connectivity index (χ4n) is 2.08. The highest BCUT2D eigenvalue weighted by atomic mass is 32.2. The van der Waals surface area contributed by atoms with E-state index in [1.54, 1.807) is 0 Å². The lowest BCUT2D eigenvalue weighted by Crippen LogP contribution is -2.12. The number of carbonyl (C=O) groups is 1. The maximum Gasteiger partial charge on any atom is 0.313 e. The summed E-state index contributed by atoms with van der Waals surface area (Å²) < 4.78 is 1.86. The number of nitrogens with zero attached hydrogens (tertiary/aromatic N) is 3. The van der Waals surface area contributed by atoms with Crippen LogP contribution in [0.5, 0.6) is 0 Å². The van der Waals surface area contributed by atoms with E-state index in [1.807, 2.05) is 4.57 Å². The highest BCUT2D eigenvalue weighted by Gasteiger charge is 2.17. The van der Waals surface area contributed by atoms with Crippen LogP contribution in [0, 0.1) is 0 Å². The van der Waals surface area contributed by atoms with E-state index >= 15 is 0 Å². The fourth-order valence-corrected chi connectivity index (χ4v) is 2.85. The molecule has 0 radical (unpaired) electrons. The molecule has 1 heterocycles. The Morgan fingerprint density at radius 3 is 2.70 bits per heavy atom. The van der Waals surface area contributed by atoms with Crippen LogP contribution in [0.2, 0.25) is 0 Å². The molecule has 20 heavy (non-hydrogen) atoms. The number of aliphatic hydroxyl groups is 1. The number of aliphatic hydroxyl groups excluding tert-OH is 1. The van der Waals surface area contributed by atoms with Crippen LogP contribution in [0.1, 0.15) is 57.8 Å². The Morgan fingerprint density at radius 1 is 1.35 bits per heavy atom. The van der Waals surface area contributed by atoms with Gasteiger partial charge in [0.1, 0.15) is 6.61 Å². The normalized spacial score (nSPS) is 12.6. The van der Waals surface area contributed by atoms with Gasteiger partial charge in [-0.3, -0.25) is 4.79 Å². The quantitative estimate of drug-likeness (QED) is 0.510. The molecule has 0 aliphatic heterocycles. The average Bonchev–Trinajstić information content (AvgIpc) is 2.84. The molecule has 0 spiro atoms. The van der Waals surface area contributed by atoms with Crippen molar-refractivity contribution in [2.45, 2.75) is 63.8 Å². The van der Waals surface area contributed by atoms with Gasteiger partial charge in [-0.15, -0.1) is 10.2 Å². The summed E-state index contributed by atoms with van der Waals surface area (Å²) >= 11 is 1.14. The summed E-state index contributed by atoms with van der Waals surface area (Å²) in [6.45, 7) is 4.05. The summed E-state index contributed by atoms with van der Waals surface area (Å²) in [5, 5.41) is 26.5. The molecule has 1 aromatic heterocycles. The van der Waals surface area contributed by atoms with Gasteiger partial charge in [-0.05, 0) is 13.3 Å². The summed E-state index contributed by atoms with van der Waals surface area (Å²) in [5.74, 6) is -0.432. The van der Waals surface area contributed by atoms with Crippen molar-refractivity contribution in [1.29, 1.82) is 0 Å². The molecule has 1 rings (SSSR count). The molecule has 0 aromatic carbocycles. The summed E-state index contributed by atoms with van der Waals surface area (Å²) in [6.07, 6.45) is 5.70. The summed E-state index contributed by atoms with van der Waals surface area (Å²) in [6, 6.07) is 0.167. The van der Waals surface area contributed by atoms with Crippen LogP contribution in [0.25, 0.3) is 0 Å². The van der Waals surface area contributed by atoms with Crippen LogP contribution in [0.3, 0.4) is 0 Å². The lowest BCUT2D eigenvalue weighted by Gasteiger charge is -2.17. The first-order valence-corrected chi connectivity index (χ1v) is 7.97. The minimum Gasteiger partial charge on any atom is -0.481 e. The molecule has 1 atom stereocenters. The van der Waals surface area contributed by atoms with Gasteiger partial charge in [0.05, 0.1) is 5.75 Å². The summed E-state index contributed by atoms with van der Waals surface area (Å²) in [7, 11) is 0. The van der Waals surface area contributed by atoms with E-state index in [2.05, 4.69) is 24.0 Å². The number of thioether (sulfide) groups is 1. The molecule has 0 aliphatic carbocycles. The predicted octanol–water partition coefficient (Wildman–Crippen LogP) is 2.48. The summed E-state index contributed by atoms with van der Waals surface area (Å²) in [4.78, 5) is 10.6. The molecule has 0 aliphatic rings. The van der Waals surface area contributed by atoms with E-state index in [0.717, 1.165) is 24.6 Å². The van der Waals surface area contributed by atoms with Crippen LogP contribution < -0.4 is 0 Å². The van der Waals surface area contributed by atoms with Crippen LogP contribution >= 0.6 is 11.8 Å². The number of rotatable bonds is 10. The zero-order valence-electron chi connectivity index (χ0n) is 12.1. The Kier molecular flexibility index (Phi) is 7.61. The largest absolute Gasteiger partial charge is 0.481 e. The van der Waals surface area contributed by atoms with E-state index in [-0.39, 0.29) is 18.4 Å². The second-order valence-corrected chi connectivity index (χ2v) is 5.75. The van der Waals surface area contributed by atoms with Crippen molar-refractivity contribution in [1.82, 2.24) is 14.8 Å². The Bertz CT molecular complexity index is 423. The zero-order valence-corrected chi connectivity index (χ0v) is 12.9. The lowest BCUT2D eigenvalue weighted by molar-refractivity contribution is -0.133. The van der Waals surface area contributed by atoms with Gasteiger partial charge in [0.25, 0.3) is 0 Å². The van der Waals surface area contributed by atoms with Gasteiger partial charge in [-0.25, -0.2) is 0 Å². The third-order valence-corrected chi connectivity index (χ3v) is 4.05. The van der Waals surface area contributed by atoms with Crippen molar-refractivity contribution in [3.8, 4) is 0 Å². The van der Waals surface area contributed by atoms with Gasteiger partial charge < -0.3 is 14.8 Å². The van der Waals surface area contributed by atoms with E-state index < -0.39 is 5.97 Å². The number of carboxylic acids is 1. The topological polar surface area (TPSA) is 88.2 Å². The number of hydrogen-bond acceptors (Lipinski definition) is 5. The molecule has 1 aromatic rings. The molecule has 6 nitrogen and oxygen atoms in total. The van der Waals surface area contributed by atoms with Gasteiger partial charge in [-0.1, -0.05) is 44.4 Å². The van der Waals surface area contributed by atoms with Gasteiger partial charge in [0.15, 0.2) is 11.0 Å². The number of carboxylic acid groups (broad SMARTS) is 1. The standard InChI is InChI=1S/C13H23N3O3S/c1-3-4-5-6-7-10(2)16-11(8-17)14-15-13(16)20-9-12(18)19/h10,17H,3-9H2,1-2H3,(H,18,19). The number of unbranched alkanes of at least 4 members (excludes halogenated alkanes) is 3. The highest BCUT2D eigenvalue weighted by Crippen LogP contribution is 2.25. The van der Waals surface area contributed by atoms with Crippen molar-refractivity contribution >= 4 is 17.7 Å². The van der Waals surface area contributed by atoms with Crippen molar-refractivity contribution in [3.63, 3.8) is 0 Å². The fraction of sp³-hybridized carbons (Fsp3) is 0.769. The van der Waals surface area contributed by atoms with E-state index in [4.69, 9.17) is 5.11 Å². The van der Waals surface area contributed by atoms with Crippen LogP contribution in [0.15, 0.2) is 5.16 Å². The number of hydrogen-bond donors (Lipinski definition) is 2. The van der Waals surface area contributed by atoms with Crippen molar-refractivity contribution in [2.24, 2.45) is 0 Å². The molecule has 114 valence electrons. The van der Waals surface area contributed by atoms with Gasteiger partial charge in [0, 0.05) is 6.04 Å². The average molecular weight is 301 g/mol. The van der Waals surface area contributed by atoms with Crippen molar-refractivity contribution in [2.75, 3.05) is 5.75 Å². The molecule has 0 saturated carbocycles. The van der Waals surface area contributed by atoms with Crippen LogP contribution in [-0.2, 0) is 11.4 Å². The second-order valence-electron chi connectivity index (χ2n) is 4.81. The third kappa shape index (κ3) is 5.13. The maximum atomic E-state index is 10.6. The van der Waals surface area contributed by atoms with Gasteiger partial charge in [0.2, 0.25) is 0 Å². The zero-order chi connectivity index (χ0) is 15.0. The monoisotopic (exact) mass is 301 g/mol. The van der Waals surface area contributed by atoms with Crippen molar-refractivity contribution < 1.29 is 15.0 Å². The first-order chi connectivity index (χ1) is 9.60. The van der Waals surface area contributed by atoms with Gasteiger partial charge >= 0.3 is 5.97 Å². The molecule has 7 heteroatoms. The van der Waals surface area contributed by atoms with Crippen LogP contribution in [-0.4, -0.2) is 36.7 Å². The Morgan fingerprint density at radius 2 is 2.10 bits per heavy atom. The SMILES string of the molecule is CCCCCCC(C)n1c(CO)nnc1SCC(=O)O. The lowest BCUT2D eigenvalue weighted by atomic mass is 10.1. The third-order valence-electron chi connectivity index (χ3n) is 3.12. The molecule has 0 fully saturated rings. The minimum absolute atomic E-state index is 0.0495. The second kappa shape index (κ2) is 8.97. The predicted molar refractivity (Wildman–Crippen MR) is 77.8 cm³/mol. The smallest absolute Gasteiger partial charge is 0.313 e. The van der Waals surface area contributed by atoms with Crippen molar-refractivity contribution in [3.05, 3.63) is 5.82 Å². The molecular weight excluding hydrogens is 278 g/mol.